The number of benzene rings is 1. The van der Waals surface area contributed by atoms with Crippen molar-refractivity contribution in [2.75, 3.05) is 46.1 Å². The molecule has 1 amide bonds. The van der Waals surface area contributed by atoms with Crippen LogP contribution >= 0.6 is 0 Å². The maximum absolute atomic E-state index is 13.5. The van der Waals surface area contributed by atoms with Crippen molar-refractivity contribution in [2.45, 2.75) is 19.6 Å². The molecule has 4 N–H and O–H groups in total. The third-order valence-corrected chi connectivity index (χ3v) is 5.72. The van der Waals surface area contributed by atoms with Gasteiger partial charge in [0.15, 0.2) is 5.82 Å². The van der Waals surface area contributed by atoms with Crippen molar-refractivity contribution in [1.82, 2.24) is 30.2 Å². The van der Waals surface area contributed by atoms with E-state index in [0.29, 0.717) is 35.0 Å². The summed E-state index contributed by atoms with van der Waals surface area (Å²) in [7, 11) is 3.99. The molecule has 0 unspecified atom stereocenters. The first-order valence-electron chi connectivity index (χ1n) is 11.4. The molecule has 0 saturated carbocycles. The number of nitrogens with zero attached hydrogens (tertiary/aromatic N) is 4. The molecular formula is C24H30FN7O3. The largest absolute Gasteiger partial charge is 0.368 e. The van der Waals surface area contributed by atoms with E-state index in [-0.39, 0.29) is 30.9 Å². The first-order chi connectivity index (χ1) is 16.7. The fourth-order valence-corrected chi connectivity index (χ4v) is 3.73. The van der Waals surface area contributed by atoms with Crippen LogP contribution < -0.4 is 11.1 Å². The van der Waals surface area contributed by atoms with Crippen molar-refractivity contribution < 1.29 is 18.7 Å². The molecule has 1 aliphatic heterocycles. The molecule has 1 aliphatic rings. The van der Waals surface area contributed by atoms with Crippen molar-refractivity contribution in [2.24, 2.45) is 5.41 Å². The summed E-state index contributed by atoms with van der Waals surface area (Å²) in [6.45, 7) is 3.62. The van der Waals surface area contributed by atoms with E-state index in [0.717, 1.165) is 13.0 Å². The summed E-state index contributed by atoms with van der Waals surface area (Å²) >= 11 is 0. The number of carbonyl (C=O) groups excluding carboxylic acids is 1. The molecule has 3 aromatic rings. The van der Waals surface area contributed by atoms with E-state index in [1.54, 1.807) is 24.4 Å². The summed E-state index contributed by atoms with van der Waals surface area (Å²) in [5.41, 5.74) is 7.27. The number of ether oxygens (including phenoxy) is 2. The van der Waals surface area contributed by atoms with E-state index in [9.17, 15) is 9.18 Å². The highest BCUT2D eigenvalue weighted by molar-refractivity contribution is 5.82. The molecule has 0 atom stereocenters. The number of nitrogen functional groups attached to an aromatic ring is 1. The number of aromatic amines is 1. The van der Waals surface area contributed by atoms with Gasteiger partial charge < -0.3 is 30.4 Å². The van der Waals surface area contributed by atoms with Crippen molar-refractivity contribution in [3.8, 4) is 22.6 Å². The Labute approximate surface area is 203 Å². The zero-order valence-corrected chi connectivity index (χ0v) is 20.0. The van der Waals surface area contributed by atoms with E-state index in [4.69, 9.17) is 15.2 Å². The van der Waals surface area contributed by atoms with Crippen LogP contribution in [0.15, 0.2) is 36.5 Å². The number of imidazole rings is 1. The van der Waals surface area contributed by atoms with Gasteiger partial charge in [-0.3, -0.25) is 4.79 Å². The highest BCUT2D eigenvalue weighted by atomic mass is 19.1. The molecule has 1 fully saturated rings. The Morgan fingerprint density at radius 1 is 1.23 bits per heavy atom. The van der Waals surface area contributed by atoms with E-state index in [1.807, 2.05) is 21.0 Å². The maximum atomic E-state index is 13.5. The Kier molecular flexibility index (Phi) is 7.39. The summed E-state index contributed by atoms with van der Waals surface area (Å²) in [4.78, 5) is 30.9. The van der Waals surface area contributed by atoms with Crippen LogP contribution in [0.4, 0.5) is 10.3 Å². The van der Waals surface area contributed by atoms with Crippen LogP contribution in [0.1, 0.15) is 25.5 Å². The van der Waals surface area contributed by atoms with Gasteiger partial charge in [-0.1, -0.05) is 0 Å². The molecule has 2 aromatic heterocycles. The van der Waals surface area contributed by atoms with Crippen LogP contribution in [-0.2, 0) is 14.3 Å². The number of hydrogen-bond acceptors (Lipinski definition) is 8. The Balaban J connectivity index is 1.51. The summed E-state index contributed by atoms with van der Waals surface area (Å²) in [5.74, 6) is 0.0556. The molecule has 1 aromatic carbocycles. The van der Waals surface area contributed by atoms with Gasteiger partial charge in [-0.2, -0.15) is 0 Å². The lowest BCUT2D eigenvalue weighted by atomic mass is 9.91. The van der Waals surface area contributed by atoms with Gasteiger partial charge in [0.25, 0.3) is 0 Å². The lowest BCUT2D eigenvalue weighted by molar-refractivity contribution is -0.231. The molecule has 3 heterocycles. The number of nitrogens with two attached hydrogens (primary N) is 1. The van der Waals surface area contributed by atoms with Gasteiger partial charge in [0, 0.05) is 18.3 Å². The second kappa shape index (κ2) is 10.5. The lowest BCUT2D eigenvalue weighted by Crippen LogP contribution is -2.49. The van der Waals surface area contributed by atoms with Gasteiger partial charge in [-0.05, 0) is 64.3 Å². The van der Waals surface area contributed by atoms with Crippen LogP contribution in [0.3, 0.4) is 0 Å². The van der Waals surface area contributed by atoms with Gasteiger partial charge in [-0.15, -0.1) is 0 Å². The van der Waals surface area contributed by atoms with Crippen molar-refractivity contribution in [3.63, 3.8) is 0 Å². The monoisotopic (exact) mass is 483 g/mol. The molecule has 0 bridgehead atoms. The number of rotatable bonds is 8. The first-order valence-corrected chi connectivity index (χ1v) is 11.4. The molecule has 0 spiro atoms. The summed E-state index contributed by atoms with van der Waals surface area (Å²) in [5, 5.41) is 2.96. The molecule has 35 heavy (non-hydrogen) atoms. The van der Waals surface area contributed by atoms with Crippen LogP contribution in [0.5, 0.6) is 0 Å². The van der Waals surface area contributed by atoms with Crippen molar-refractivity contribution in [3.05, 3.63) is 48.2 Å². The third kappa shape index (κ3) is 5.81. The fraction of sp³-hybridized carbons (Fsp3) is 0.417. The molecule has 1 saturated heterocycles. The molecular weight excluding hydrogens is 453 g/mol. The van der Waals surface area contributed by atoms with Crippen LogP contribution in [0.25, 0.3) is 22.6 Å². The number of halogens is 1. The Morgan fingerprint density at radius 2 is 1.94 bits per heavy atom. The Hall–Kier alpha value is -3.41. The van der Waals surface area contributed by atoms with Gasteiger partial charge in [0.1, 0.15) is 5.82 Å². The summed E-state index contributed by atoms with van der Waals surface area (Å²) < 4.78 is 25.4. The highest BCUT2D eigenvalue weighted by Crippen LogP contribution is 2.35. The normalized spacial score (nSPS) is 20.2. The summed E-state index contributed by atoms with van der Waals surface area (Å²) in [6.07, 6.45) is 1.59. The Bertz CT molecular complexity index is 1160. The van der Waals surface area contributed by atoms with E-state index in [2.05, 4.69) is 30.2 Å². The first kappa shape index (κ1) is 24.7. The predicted octanol–water partition coefficient (Wildman–Crippen LogP) is 2.37. The number of H-pyrrole nitrogens is 1. The van der Waals surface area contributed by atoms with Gasteiger partial charge >= 0.3 is 0 Å². The highest BCUT2D eigenvalue weighted by Gasteiger charge is 2.40. The molecule has 0 aliphatic carbocycles. The Morgan fingerprint density at radius 3 is 2.60 bits per heavy atom. The van der Waals surface area contributed by atoms with Gasteiger partial charge in [0.05, 0.1) is 35.7 Å². The molecule has 0 radical (unpaired) electrons. The zero-order valence-electron chi connectivity index (χ0n) is 20.0. The van der Waals surface area contributed by atoms with Gasteiger partial charge in [-0.25, -0.2) is 19.3 Å². The number of carbonyl (C=O) groups is 1. The quantitative estimate of drug-likeness (QED) is 0.416. The molecule has 11 heteroatoms. The molecule has 10 nitrogen and oxygen atoms in total. The van der Waals surface area contributed by atoms with E-state index in [1.165, 1.54) is 12.1 Å². The zero-order chi connectivity index (χ0) is 25.0. The van der Waals surface area contributed by atoms with Crippen molar-refractivity contribution in [1.29, 1.82) is 0 Å². The maximum Gasteiger partial charge on any atom is 0.230 e. The average molecular weight is 484 g/mol. The standard InChI is InChI=1S/C24H30FN7O3/c1-24(22(33)27-10-4-12-32(2)3)13-34-21(35-14-24)20-30-18(15-5-7-16(25)8-6-15)19(31-20)17-9-11-28-23(26)29-17/h5-9,11,21H,4,10,12-14H2,1-3H3,(H,27,33)(H,30,31)(H2,26,28,29). The number of nitrogens with one attached hydrogen (secondary N) is 2. The number of hydrogen-bond donors (Lipinski definition) is 3. The average Bonchev–Trinajstić information content (AvgIpc) is 3.28. The molecule has 4 rings (SSSR count). The molecule has 186 valence electrons. The lowest BCUT2D eigenvalue weighted by Gasteiger charge is -2.35. The topological polar surface area (TPSA) is 131 Å². The van der Waals surface area contributed by atoms with Crippen molar-refractivity contribution >= 4 is 11.9 Å². The minimum absolute atomic E-state index is 0.112. The summed E-state index contributed by atoms with van der Waals surface area (Å²) in [6, 6.07) is 7.67. The second-order valence-electron chi connectivity index (χ2n) is 9.08. The number of anilines is 1. The minimum Gasteiger partial charge on any atom is -0.368 e. The van der Waals surface area contributed by atoms with E-state index < -0.39 is 11.7 Å². The predicted molar refractivity (Wildman–Crippen MR) is 128 cm³/mol. The minimum atomic E-state index is -0.815. The third-order valence-electron chi connectivity index (χ3n) is 5.72. The second-order valence-corrected chi connectivity index (χ2v) is 9.08. The van der Waals surface area contributed by atoms with E-state index >= 15 is 0 Å². The van der Waals surface area contributed by atoms with Crippen LogP contribution in [-0.4, -0.2) is 71.1 Å². The van der Waals surface area contributed by atoms with Crippen LogP contribution in [0, 0.1) is 11.2 Å². The van der Waals surface area contributed by atoms with Crippen LogP contribution in [0.2, 0.25) is 0 Å². The smallest absolute Gasteiger partial charge is 0.230 e. The van der Waals surface area contributed by atoms with Gasteiger partial charge in [0.2, 0.25) is 18.1 Å². The SMILES string of the molecule is CN(C)CCCNC(=O)C1(C)COC(c2nc(-c3ccc(F)cc3)c(-c3ccnc(N)n3)[nH]2)OC1. The number of amides is 1. The fourth-order valence-electron chi connectivity index (χ4n) is 3.73. The number of aromatic nitrogens is 4.